The zero-order chi connectivity index (χ0) is 19.8. The van der Waals surface area contributed by atoms with Gasteiger partial charge in [-0.05, 0) is 60.4 Å². The molecule has 1 aliphatic heterocycles. The van der Waals surface area contributed by atoms with Crippen molar-refractivity contribution in [1.82, 2.24) is 19.7 Å². The number of amides is 1. The second kappa shape index (κ2) is 7.09. The quantitative estimate of drug-likeness (QED) is 0.578. The molecule has 0 fully saturated rings. The van der Waals surface area contributed by atoms with E-state index in [2.05, 4.69) is 44.6 Å². The van der Waals surface area contributed by atoms with Crippen LogP contribution in [0.15, 0.2) is 60.8 Å². The number of aryl methyl sites for hydroxylation is 1. The second-order valence-corrected chi connectivity index (χ2v) is 7.18. The lowest BCUT2D eigenvalue weighted by Crippen LogP contribution is -2.19. The first-order chi connectivity index (χ1) is 14.2. The number of fused-ring (bicyclic) bond motifs is 2. The number of carbonyl (C=O) groups excluding carboxylic acids is 1. The molecule has 7 heteroatoms. The Bertz CT molecular complexity index is 1200. The van der Waals surface area contributed by atoms with Crippen molar-refractivity contribution in [3.8, 4) is 0 Å². The highest BCUT2D eigenvalue weighted by Crippen LogP contribution is 2.30. The Morgan fingerprint density at radius 1 is 1.14 bits per heavy atom. The van der Waals surface area contributed by atoms with E-state index in [1.165, 1.54) is 29.8 Å². The van der Waals surface area contributed by atoms with Gasteiger partial charge in [-0.2, -0.15) is 4.98 Å². The van der Waals surface area contributed by atoms with E-state index in [9.17, 15) is 9.18 Å². The first kappa shape index (κ1) is 17.5. The lowest BCUT2D eigenvalue weighted by Gasteiger charge is -2.22. The van der Waals surface area contributed by atoms with Gasteiger partial charge in [0.2, 0.25) is 5.95 Å². The van der Waals surface area contributed by atoms with Crippen molar-refractivity contribution in [2.45, 2.75) is 25.3 Å². The fraction of sp³-hybridized carbons (Fsp3) is 0.182. The molecule has 0 saturated carbocycles. The van der Waals surface area contributed by atoms with Gasteiger partial charge < -0.3 is 0 Å². The summed E-state index contributed by atoms with van der Waals surface area (Å²) in [5.41, 5.74) is 2.61. The van der Waals surface area contributed by atoms with Crippen molar-refractivity contribution in [3.05, 3.63) is 83.6 Å². The Kier molecular flexibility index (Phi) is 4.27. The van der Waals surface area contributed by atoms with Crippen LogP contribution in [0.5, 0.6) is 0 Å². The number of anilines is 1. The smallest absolute Gasteiger partial charge is 0.258 e. The standard InChI is InChI=1S/C22H18FN5O/c23-18-6-3-14(4-7-18)21(29)26-22-25-20-13-16(9-11-28(20)27-22)15-5-8-19-17(12-15)2-1-10-24-19/h1-8,10,12,16H,9,11,13H2,(H,26,27,29). The molecule has 1 unspecified atom stereocenters. The first-order valence-electron chi connectivity index (χ1n) is 9.51. The fourth-order valence-electron chi connectivity index (χ4n) is 3.77. The maximum atomic E-state index is 13.0. The van der Waals surface area contributed by atoms with Crippen LogP contribution in [-0.2, 0) is 13.0 Å². The number of pyridine rings is 1. The van der Waals surface area contributed by atoms with Gasteiger partial charge >= 0.3 is 0 Å². The minimum Gasteiger partial charge on any atom is -0.289 e. The molecule has 2 aromatic heterocycles. The van der Waals surface area contributed by atoms with Crippen LogP contribution in [-0.4, -0.2) is 25.7 Å². The number of nitrogens with one attached hydrogen (secondary N) is 1. The van der Waals surface area contributed by atoms with Crippen molar-refractivity contribution in [3.63, 3.8) is 0 Å². The summed E-state index contributed by atoms with van der Waals surface area (Å²) in [7, 11) is 0. The molecule has 4 aromatic rings. The fourth-order valence-corrected chi connectivity index (χ4v) is 3.77. The zero-order valence-corrected chi connectivity index (χ0v) is 15.5. The Morgan fingerprint density at radius 3 is 2.86 bits per heavy atom. The van der Waals surface area contributed by atoms with E-state index < -0.39 is 0 Å². The number of nitrogens with zero attached hydrogens (tertiary/aromatic N) is 4. The molecule has 0 saturated heterocycles. The SMILES string of the molecule is O=C(Nc1nc2n(n1)CCC(c1ccc3ncccc3c1)C2)c1ccc(F)cc1. The summed E-state index contributed by atoms with van der Waals surface area (Å²) in [5, 5.41) is 8.23. The van der Waals surface area contributed by atoms with Gasteiger partial charge in [0, 0.05) is 30.1 Å². The van der Waals surface area contributed by atoms with Crippen LogP contribution >= 0.6 is 0 Å². The third kappa shape index (κ3) is 3.47. The molecule has 1 aliphatic rings. The Labute approximate surface area is 166 Å². The van der Waals surface area contributed by atoms with Crippen molar-refractivity contribution in [2.75, 3.05) is 5.32 Å². The number of rotatable bonds is 3. The highest BCUT2D eigenvalue weighted by Gasteiger charge is 2.24. The molecule has 1 N–H and O–H groups in total. The normalized spacial score (nSPS) is 15.8. The van der Waals surface area contributed by atoms with Crippen LogP contribution in [0.3, 0.4) is 0 Å². The zero-order valence-electron chi connectivity index (χ0n) is 15.5. The summed E-state index contributed by atoms with van der Waals surface area (Å²) in [6, 6.07) is 15.8. The number of aromatic nitrogens is 4. The largest absolute Gasteiger partial charge is 0.289 e. The van der Waals surface area contributed by atoms with Gasteiger partial charge in [-0.3, -0.25) is 15.1 Å². The van der Waals surface area contributed by atoms with Gasteiger partial charge in [0.15, 0.2) is 0 Å². The van der Waals surface area contributed by atoms with Crippen LogP contribution in [0, 0.1) is 5.82 Å². The van der Waals surface area contributed by atoms with Crippen LogP contribution in [0.4, 0.5) is 10.3 Å². The average molecular weight is 387 g/mol. The van der Waals surface area contributed by atoms with Crippen LogP contribution in [0.2, 0.25) is 0 Å². The molecule has 3 heterocycles. The molecule has 5 rings (SSSR count). The molecule has 0 radical (unpaired) electrons. The molecule has 0 bridgehead atoms. The predicted molar refractivity (Wildman–Crippen MR) is 107 cm³/mol. The van der Waals surface area contributed by atoms with Crippen LogP contribution in [0.1, 0.15) is 34.1 Å². The molecule has 2 aromatic carbocycles. The van der Waals surface area contributed by atoms with Crippen molar-refractivity contribution in [2.24, 2.45) is 0 Å². The monoisotopic (exact) mass is 387 g/mol. The summed E-state index contributed by atoms with van der Waals surface area (Å²) in [6.07, 6.45) is 3.51. The van der Waals surface area contributed by atoms with Gasteiger partial charge in [0.1, 0.15) is 11.6 Å². The molecule has 0 aliphatic carbocycles. The Morgan fingerprint density at radius 2 is 2.00 bits per heavy atom. The summed E-state index contributed by atoms with van der Waals surface area (Å²) in [4.78, 5) is 21.2. The minimum atomic E-state index is -0.382. The topological polar surface area (TPSA) is 72.7 Å². The number of carbonyl (C=O) groups is 1. The van der Waals surface area contributed by atoms with Gasteiger partial charge in [0.25, 0.3) is 5.91 Å². The number of hydrogen-bond donors (Lipinski definition) is 1. The van der Waals surface area contributed by atoms with Crippen molar-refractivity contribution in [1.29, 1.82) is 0 Å². The molecular weight excluding hydrogens is 369 g/mol. The third-order valence-electron chi connectivity index (χ3n) is 5.30. The molecule has 1 atom stereocenters. The van der Waals surface area contributed by atoms with E-state index in [4.69, 9.17) is 0 Å². The van der Waals surface area contributed by atoms with Gasteiger partial charge in [-0.1, -0.05) is 12.1 Å². The highest BCUT2D eigenvalue weighted by atomic mass is 19.1. The maximum Gasteiger partial charge on any atom is 0.258 e. The number of halogens is 1. The van der Waals surface area contributed by atoms with Gasteiger partial charge in [-0.25, -0.2) is 9.07 Å². The Balaban J connectivity index is 1.33. The van der Waals surface area contributed by atoms with E-state index in [0.717, 1.165) is 36.1 Å². The molecule has 0 spiro atoms. The van der Waals surface area contributed by atoms with Gasteiger partial charge in [0.05, 0.1) is 5.52 Å². The van der Waals surface area contributed by atoms with Crippen molar-refractivity contribution < 1.29 is 9.18 Å². The maximum absolute atomic E-state index is 13.0. The van der Waals surface area contributed by atoms with E-state index in [1.807, 2.05) is 10.7 Å². The van der Waals surface area contributed by atoms with Crippen LogP contribution in [0.25, 0.3) is 10.9 Å². The van der Waals surface area contributed by atoms with E-state index in [-0.39, 0.29) is 17.7 Å². The number of benzene rings is 2. The average Bonchev–Trinajstić information content (AvgIpc) is 3.15. The lowest BCUT2D eigenvalue weighted by molar-refractivity contribution is 0.102. The van der Waals surface area contributed by atoms with Crippen LogP contribution < -0.4 is 5.32 Å². The summed E-state index contributed by atoms with van der Waals surface area (Å²) < 4.78 is 14.9. The Hall–Kier alpha value is -3.61. The van der Waals surface area contributed by atoms with Gasteiger partial charge in [-0.15, -0.1) is 5.10 Å². The number of hydrogen-bond acceptors (Lipinski definition) is 4. The predicted octanol–water partition coefficient (Wildman–Crippen LogP) is 3.95. The summed E-state index contributed by atoms with van der Waals surface area (Å²) >= 11 is 0. The lowest BCUT2D eigenvalue weighted by atomic mass is 9.89. The molecule has 6 nitrogen and oxygen atoms in total. The van der Waals surface area contributed by atoms with E-state index >= 15 is 0 Å². The second-order valence-electron chi connectivity index (χ2n) is 7.18. The molecule has 29 heavy (non-hydrogen) atoms. The van der Waals surface area contributed by atoms with E-state index in [1.54, 1.807) is 6.20 Å². The minimum absolute atomic E-state index is 0.276. The summed E-state index contributed by atoms with van der Waals surface area (Å²) in [5.74, 6) is 0.732. The third-order valence-corrected chi connectivity index (χ3v) is 5.30. The summed E-state index contributed by atoms with van der Waals surface area (Å²) in [6.45, 7) is 0.741. The van der Waals surface area contributed by atoms with Crippen molar-refractivity contribution >= 4 is 22.8 Å². The molecule has 144 valence electrons. The molecule has 1 amide bonds. The first-order valence-corrected chi connectivity index (χ1v) is 9.51. The van der Waals surface area contributed by atoms with E-state index in [0.29, 0.717) is 11.5 Å². The molecular formula is C22H18FN5O. The highest BCUT2D eigenvalue weighted by molar-refractivity contribution is 6.03.